The number of fused-ring (bicyclic) bond motifs is 1. The molecule has 3 heteroatoms. The van der Waals surface area contributed by atoms with Gasteiger partial charge in [0.05, 0.1) is 11.5 Å². The van der Waals surface area contributed by atoms with Crippen molar-refractivity contribution in [2.24, 2.45) is 5.73 Å². The quantitative estimate of drug-likeness (QED) is 0.850. The second-order valence-corrected chi connectivity index (χ2v) is 5.62. The number of rotatable bonds is 3. The highest BCUT2D eigenvalue weighted by Gasteiger charge is 2.44. The summed E-state index contributed by atoms with van der Waals surface area (Å²) in [5.41, 5.74) is 8.20. The molecule has 0 spiro atoms. The lowest BCUT2D eigenvalue weighted by Gasteiger charge is -2.26. The molecular formula is C15H20N2O. The molecule has 2 aliphatic rings. The van der Waals surface area contributed by atoms with Crippen LogP contribution in [0.1, 0.15) is 42.7 Å². The van der Waals surface area contributed by atoms with Crippen LogP contribution in [0.25, 0.3) is 0 Å². The van der Waals surface area contributed by atoms with Crippen LogP contribution in [0, 0.1) is 0 Å². The normalized spacial score (nSPS) is 24.2. The van der Waals surface area contributed by atoms with Crippen LogP contribution < -0.4 is 11.1 Å². The van der Waals surface area contributed by atoms with E-state index >= 15 is 0 Å². The van der Waals surface area contributed by atoms with Gasteiger partial charge >= 0.3 is 0 Å². The maximum Gasteiger partial charge on any atom is 0.228 e. The molecule has 1 aromatic rings. The van der Waals surface area contributed by atoms with Crippen LogP contribution in [0.15, 0.2) is 24.3 Å². The van der Waals surface area contributed by atoms with Gasteiger partial charge in [-0.1, -0.05) is 24.3 Å². The second-order valence-electron chi connectivity index (χ2n) is 5.62. The van der Waals surface area contributed by atoms with Crippen LogP contribution in [0.4, 0.5) is 0 Å². The van der Waals surface area contributed by atoms with Crippen molar-refractivity contribution < 1.29 is 4.79 Å². The number of hydrogen-bond acceptors (Lipinski definition) is 2. The predicted molar refractivity (Wildman–Crippen MR) is 71.3 cm³/mol. The first-order chi connectivity index (χ1) is 8.74. The van der Waals surface area contributed by atoms with Gasteiger partial charge in [-0.2, -0.15) is 0 Å². The lowest BCUT2D eigenvalue weighted by molar-refractivity contribution is -0.123. The van der Waals surface area contributed by atoms with Gasteiger partial charge < -0.3 is 11.1 Å². The largest absolute Gasteiger partial charge is 0.349 e. The van der Waals surface area contributed by atoms with Gasteiger partial charge in [0.1, 0.15) is 0 Å². The van der Waals surface area contributed by atoms with Crippen LogP contribution in [0.2, 0.25) is 0 Å². The van der Waals surface area contributed by atoms with Gasteiger partial charge in [-0.25, -0.2) is 0 Å². The molecule has 1 amide bonds. The van der Waals surface area contributed by atoms with Crippen LogP contribution >= 0.6 is 0 Å². The van der Waals surface area contributed by atoms with Crippen molar-refractivity contribution in [3.63, 3.8) is 0 Å². The Morgan fingerprint density at radius 1 is 1.39 bits per heavy atom. The molecular weight excluding hydrogens is 224 g/mol. The number of aryl methyl sites for hydroxylation is 1. The minimum Gasteiger partial charge on any atom is -0.349 e. The predicted octanol–water partition coefficient (Wildman–Crippen LogP) is 1.71. The summed E-state index contributed by atoms with van der Waals surface area (Å²) in [6.07, 6.45) is 5.23. The van der Waals surface area contributed by atoms with Crippen LogP contribution in [-0.4, -0.2) is 18.0 Å². The zero-order valence-electron chi connectivity index (χ0n) is 10.6. The molecule has 1 aromatic carbocycles. The molecule has 3 nitrogen and oxygen atoms in total. The molecule has 18 heavy (non-hydrogen) atoms. The molecule has 0 saturated heterocycles. The highest BCUT2D eigenvalue weighted by molar-refractivity contribution is 5.85. The van der Waals surface area contributed by atoms with Gasteiger partial charge in [0.25, 0.3) is 0 Å². The minimum atomic E-state index is -0.0799. The number of carbonyl (C=O) groups excluding carboxylic acids is 1. The summed E-state index contributed by atoms with van der Waals surface area (Å²) in [6, 6.07) is 8.33. The second kappa shape index (κ2) is 4.39. The van der Waals surface area contributed by atoms with Gasteiger partial charge in [0, 0.05) is 6.54 Å². The highest BCUT2D eigenvalue weighted by Crippen LogP contribution is 2.37. The smallest absolute Gasteiger partial charge is 0.228 e. The number of amides is 1. The van der Waals surface area contributed by atoms with Crippen LogP contribution in [0.5, 0.6) is 0 Å². The summed E-state index contributed by atoms with van der Waals surface area (Å²) in [6.45, 7) is 0.563. The number of nitrogens with one attached hydrogen (secondary N) is 1. The zero-order chi connectivity index (χ0) is 12.6. The van der Waals surface area contributed by atoms with Crippen LogP contribution in [-0.2, 0) is 11.2 Å². The first-order valence-electron chi connectivity index (χ1n) is 6.84. The molecule has 96 valence electrons. The lowest BCUT2D eigenvalue weighted by atomic mass is 9.82. The third kappa shape index (κ3) is 2.03. The van der Waals surface area contributed by atoms with Crippen molar-refractivity contribution in [3.05, 3.63) is 35.4 Å². The summed E-state index contributed by atoms with van der Waals surface area (Å²) < 4.78 is 0. The number of nitrogens with two attached hydrogens (primary N) is 1. The fourth-order valence-electron chi connectivity index (χ4n) is 2.91. The van der Waals surface area contributed by atoms with E-state index in [4.69, 9.17) is 5.73 Å². The van der Waals surface area contributed by atoms with Crippen molar-refractivity contribution in [3.8, 4) is 0 Å². The molecule has 0 aromatic heterocycles. The highest BCUT2D eigenvalue weighted by atomic mass is 16.2. The number of carbonyl (C=O) groups is 1. The Morgan fingerprint density at radius 3 is 2.89 bits per heavy atom. The summed E-state index contributed by atoms with van der Waals surface area (Å²) in [7, 11) is 0. The van der Waals surface area contributed by atoms with E-state index in [2.05, 4.69) is 23.5 Å². The molecule has 0 radical (unpaired) electrons. The van der Waals surface area contributed by atoms with Gasteiger partial charge in [-0.15, -0.1) is 0 Å². The molecule has 0 bridgehead atoms. The van der Waals surface area contributed by atoms with E-state index in [0.29, 0.717) is 6.54 Å². The average Bonchev–Trinajstić information content (AvgIpc) is 3.18. The van der Waals surface area contributed by atoms with E-state index in [-0.39, 0.29) is 17.4 Å². The number of benzene rings is 1. The SMILES string of the molecule is NCC1(NC(=O)C2CCCc3ccccc32)CC1. The molecule has 1 saturated carbocycles. The maximum absolute atomic E-state index is 12.4. The van der Waals surface area contributed by atoms with Gasteiger partial charge in [-0.05, 0) is 43.2 Å². The standard InChI is InChI=1S/C15H20N2O/c16-10-15(8-9-15)17-14(18)13-7-3-5-11-4-1-2-6-12(11)13/h1-2,4,6,13H,3,5,7-10,16H2,(H,17,18). The van der Waals surface area contributed by atoms with E-state index in [0.717, 1.165) is 32.1 Å². The Labute approximate surface area is 108 Å². The first-order valence-corrected chi connectivity index (χ1v) is 6.84. The van der Waals surface area contributed by atoms with Crippen LogP contribution in [0.3, 0.4) is 0 Å². The topological polar surface area (TPSA) is 55.1 Å². The third-order valence-electron chi connectivity index (χ3n) is 4.32. The molecule has 1 fully saturated rings. The van der Waals surface area contributed by atoms with E-state index in [1.807, 2.05) is 6.07 Å². The van der Waals surface area contributed by atoms with Crippen molar-refractivity contribution in [1.29, 1.82) is 0 Å². The fraction of sp³-hybridized carbons (Fsp3) is 0.533. The molecule has 1 unspecified atom stereocenters. The molecule has 0 aliphatic heterocycles. The van der Waals surface area contributed by atoms with Gasteiger partial charge in [0.2, 0.25) is 5.91 Å². The Morgan fingerprint density at radius 2 is 2.17 bits per heavy atom. The Hall–Kier alpha value is -1.35. The average molecular weight is 244 g/mol. The summed E-state index contributed by atoms with van der Waals surface area (Å²) in [4.78, 5) is 12.4. The molecule has 3 N–H and O–H groups in total. The van der Waals surface area contributed by atoms with Crippen molar-refractivity contribution in [2.45, 2.75) is 43.6 Å². The molecule has 1 atom stereocenters. The Kier molecular flexibility index (Phi) is 2.86. The lowest BCUT2D eigenvalue weighted by Crippen LogP contribution is -2.45. The molecule has 0 heterocycles. The van der Waals surface area contributed by atoms with E-state index < -0.39 is 0 Å². The summed E-state index contributed by atoms with van der Waals surface area (Å²) in [5.74, 6) is 0.198. The van der Waals surface area contributed by atoms with Crippen molar-refractivity contribution in [1.82, 2.24) is 5.32 Å². The first kappa shape index (κ1) is 11.7. The third-order valence-corrected chi connectivity index (χ3v) is 4.32. The molecule has 2 aliphatic carbocycles. The fourth-order valence-corrected chi connectivity index (χ4v) is 2.91. The number of hydrogen-bond donors (Lipinski definition) is 2. The van der Waals surface area contributed by atoms with Gasteiger partial charge in [-0.3, -0.25) is 4.79 Å². The van der Waals surface area contributed by atoms with E-state index in [9.17, 15) is 4.79 Å². The summed E-state index contributed by atoms with van der Waals surface area (Å²) in [5, 5.41) is 3.16. The van der Waals surface area contributed by atoms with Crippen molar-refractivity contribution >= 4 is 5.91 Å². The monoisotopic (exact) mass is 244 g/mol. The van der Waals surface area contributed by atoms with Gasteiger partial charge in [0.15, 0.2) is 0 Å². The molecule has 3 rings (SSSR count). The van der Waals surface area contributed by atoms with E-state index in [1.165, 1.54) is 11.1 Å². The Balaban J connectivity index is 1.79. The summed E-state index contributed by atoms with van der Waals surface area (Å²) >= 11 is 0. The van der Waals surface area contributed by atoms with Crippen molar-refractivity contribution in [2.75, 3.05) is 6.54 Å². The van der Waals surface area contributed by atoms with E-state index in [1.54, 1.807) is 0 Å². The maximum atomic E-state index is 12.4. The minimum absolute atomic E-state index is 0.0268. The zero-order valence-corrected chi connectivity index (χ0v) is 10.6. The Bertz CT molecular complexity index is 465.